The molecule has 0 saturated heterocycles. The van der Waals surface area contributed by atoms with Gasteiger partial charge < -0.3 is 4.42 Å². The summed E-state index contributed by atoms with van der Waals surface area (Å²) in [6.45, 7) is 1.61. The highest BCUT2D eigenvalue weighted by atomic mass is 32.2. The molecule has 0 spiro atoms. The number of fused-ring (bicyclic) bond motifs is 4. The Kier molecular flexibility index (Phi) is 5.14. The number of hydrogen-bond acceptors (Lipinski definition) is 6. The Bertz CT molecular complexity index is 1420. The van der Waals surface area contributed by atoms with Gasteiger partial charge in [0.2, 0.25) is 5.91 Å². The zero-order valence-electron chi connectivity index (χ0n) is 17.1. The van der Waals surface area contributed by atoms with Crippen molar-refractivity contribution in [1.82, 2.24) is 9.55 Å². The fourth-order valence-electron chi connectivity index (χ4n) is 4.27. The summed E-state index contributed by atoms with van der Waals surface area (Å²) in [6.07, 6.45) is 4.18. The lowest BCUT2D eigenvalue weighted by atomic mass is 9.96. The van der Waals surface area contributed by atoms with Crippen LogP contribution in [0.3, 0.4) is 0 Å². The molecule has 0 bridgehead atoms. The molecule has 8 heteroatoms. The van der Waals surface area contributed by atoms with Crippen LogP contribution < -0.4 is 0 Å². The van der Waals surface area contributed by atoms with Crippen molar-refractivity contribution in [3.63, 3.8) is 0 Å². The third kappa shape index (κ3) is 3.57. The first-order valence-corrected chi connectivity index (χ1v) is 13.0. The molecule has 1 aliphatic rings. The lowest BCUT2D eigenvalue weighted by Gasteiger charge is -2.14. The van der Waals surface area contributed by atoms with E-state index in [0.29, 0.717) is 16.3 Å². The molecule has 1 aliphatic carbocycles. The number of benzene rings is 2. The molecule has 2 aromatic carbocycles. The molecule has 0 aliphatic heterocycles. The normalized spacial score (nSPS) is 14.2. The van der Waals surface area contributed by atoms with Gasteiger partial charge in [-0.1, -0.05) is 36.9 Å². The molecule has 0 N–H and O–H groups in total. The van der Waals surface area contributed by atoms with Crippen LogP contribution in [0.15, 0.2) is 57.0 Å². The molecular formula is C23H22N2O4S2. The summed E-state index contributed by atoms with van der Waals surface area (Å²) in [5.41, 5.74) is 4.38. The standard InChI is InChI=1S/C23H22N2O4S2/c1-2-31(27,28)15-11-12-18-21(13-15)29-23(24-18)30-14-22(26)25-19-9-5-3-7-16(19)17-8-4-6-10-20(17)25/h3,5,7,9,11-13H,2,4,6,8,10,14H2,1H3. The Morgan fingerprint density at radius 3 is 2.81 bits per heavy atom. The smallest absolute Gasteiger partial charge is 0.257 e. The van der Waals surface area contributed by atoms with Gasteiger partial charge in [0.25, 0.3) is 5.22 Å². The summed E-state index contributed by atoms with van der Waals surface area (Å²) in [4.78, 5) is 17.8. The maximum atomic E-state index is 13.2. The predicted molar refractivity (Wildman–Crippen MR) is 122 cm³/mol. The van der Waals surface area contributed by atoms with Crippen LogP contribution in [0.25, 0.3) is 22.0 Å². The van der Waals surface area contributed by atoms with E-state index in [2.05, 4.69) is 11.1 Å². The van der Waals surface area contributed by atoms with E-state index in [1.165, 1.54) is 28.8 Å². The van der Waals surface area contributed by atoms with Crippen molar-refractivity contribution < 1.29 is 17.6 Å². The number of hydrogen-bond donors (Lipinski definition) is 0. The second-order valence-electron chi connectivity index (χ2n) is 7.68. The number of sulfone groups is 1. The first-order valence-electron chi connectivity index (χ1n) is 10.4. The minimum absolute atomic E-state index is 0.000793. The molecule has 160 valence electrons. The van der Waals surface area contributed by atoms with Crippen molar-refractivity contribution in [3.8, 4) is 0 Å². The topological polar surface area (TPSA) is 82.2 Å². The molecule has 31 heavy (non-hydrogen) atoms. The van der Waals surface area contributed by atoms with Gasteiger partial charge in [0.1, 0.15) is 5.52 Å². The molecule has 2 aromatic heterocycles. The number of para-hydroxylation sites is 1. The fourth-order valence-corrected chi connectivity index (χ4v) is 5.86. The number of thioether (sulfide) groups is 1. The number of aromatic nitrogens is 2. The van der Waals surface area contributed by atoms with Crippen molar-refractivity contribution in [1.29, 1.82) is 0 Å². The van der Waals surface area contributed by atoms with Gasteiger partial charge in [0.05, 0.1) is 21.9 Å². The van der Waals surface area contributed by atoms with Crippen molar-refractivity contribution in [2.45, 2.75) is 42.7 Å². The average Bonchev–Trinajstić information content (AvgIpc) is 3.35. The fraction of sp³-hybridized carbons (Fsp3) is 0.304. The van der Waals surface area contributed by atoms with E-state index in [-0.39, 0.29) is 22.3 Å². The quantitative estimate of drug-likeness (QED) is 0.400. The second-order valence-corrected chi connectivity index (χ2v) is 10.9. The van der Waals surface area contributed by atoms with Crippen LogP contribution in [0.2, 0.25) is 0 Å². The lowest BCUT2D eigenvalue weighted by molar-refractivity contribution is 0.0943. The molecule has 0 saturated carbocycles. The summed E-state index contributed by atoms with van der Waals surface area (Å²) in [6, 6.07) is 12.8. The predicted octanol–water partition coefficient (Wildman–Crippen LogP) is 4.89. The van der Waals surface area contributed by atoms with Crippen LogP contribution in [0.1, 0.15) is 35.8 Å². The molecular weight excluding hydrogens is 432 g/mol. The molecule has 0 unspecified atom stereocenters. The Hall–Kier alpha value is -2.58. The van der Waals surface area contributed by atoms with E-state index in [0.717, 1.165) is 36.9 Å². The lowest BCUT2D eigenvalue weighted by Crippen LogP contribution is -2.18. The van der Waals surface area contributed by atoms with E-state index in [1.54, 1.807) is 19.1 Å². The van der Waals surface area contributed by atoms with Gasteiger partial charge in [-0.05, 0) is 49.4 Å². The van der Waals surface area contributed by atoms with Crippen molar-refractivity contribution in [3.05, 3.63) is 53.7 Å². The van der Waals surface area contributed by atoms with Crippen molar-refractivity contribution >= 4 is 49.5 Å². The highest BCUT2D eigenvalue weighted by Gasteiger charge is 2.23. The Morgan fingerprint density at radius 2 is 1.97 bits per heavy atom. The maximum absolute atomic E-state index is 13.2. The number of rotatable bonds is 5. The average molecular weight is 455 g/mol. The largest absolute Gasteiger partial charge is 0.431 e. The van der Waals surface area contributed by atoms with Gasteiger partial charge in [-0.2, -0.15) is 0 Å². The van der Waals surface area contributed by atoms with E-state index in [4.69, 9.17) is 4.42 Å². The van der Waals surface area contributed by atoms with Crippen LogP contribution in [-0.2, 0) is 22.7 Å². The van der Waals surface area contributed by atoms with Gasteiger partial charge in [-0.3, -0.25) is 9.36 Å². The monoisotopic (exact) mass is 454 g/mol. The number of carbonyl (C=O) groups excluding carboxylic acids is 1. The van der Waals surface area contributed by atoms with Crippen LogP contribution >= 0.6 is 11.8 Å². The van der Waals surface area contributed by atoms with Gasteiger partial charge >= 0.3 is 0 Å². The molecule has 0 atom stereocenters. The first-order chi connectivity index (χ1) is 15.0. The molecule has 0 radical (unpaired) electrons. The zero-order valence-corrected chi connectivity index (χ0v) is 18.8. The first kappa shape index (κ1) is 20.3. The third-order valence-electron chi connectivity index (χ3n) is 5.83. The number of oxazole rings is 1. The summed E-state index contributed by atoms with van der Waals surface area (Å²) in [5, 5.41) is 1.53. The van der Waals surface area contributed by atoms with Gasteiger partial charge in [0, 0.05) is 17.1 Å². The molecule has 4 aromatic rings. The highest BCUT2D eigenvalue weighted by molar-refractivity contribution is 7.99. The maximum Gasteiger partial charge on any atom is 0.257 e. The molecule has 0 amide bonds. The second kappa shape index (κ2) is 7.84. The highest BCUT2D eigenvalue weighted by Crippen LogP contribution is 2.33. The summed E-state index contributed by atoms with van der Waals surface area (Å²) >= 11 is 1.23. The van der Waals surface area contributed by atoms with E-state index in [9.17, 15) is 13.2 Å². The van der Waals surface area contributed by atoms with Crippen LogP contribution in [0.4, 0.5) is 0 Å². The van der Waals surface area contributed by atoms with Crippen LogP contribution in [0.5, 0.6) is 0 Å². The molecule has 2 heterocycles. The summed E-state index contributed by atoms with van der Waals surface area (Å²) in [7, 11) is -3.32. The van der Waals surface area contributed by atoms with Crippen LogP contribution in [-0.4, -0.2) is 35.4 Å². The summed E-state index contributed by atoms with van der Waals surface area (Å²) < 4.78 is 31.8. The molecule has 5 rings (SSSR count). The zero-order chi connectivity index (χ0) is 21.6. The Morgan fingerprint density at radius 1 is 1.16 bits per heavy atom. The minimum atomic E-state index is -3.32. The van der Waals surface area contributed by atoms with E-state index < -0.39 is 9.84 Å². The Balaban J connectivity index is 1.42. The van der Waals surface area contributed by atoms with E-state index in [1.807, 2.05) is 22.8 Å². The minimum Gasteiger partial charge on any atom is -0.431 e. The molecule has 6 nitrogen and oxygen atoms in total. The van der Waals surface area contributed by atoms with Crippen LogP contribution in [0, 0.1) is 0 Å². The van der Waals surface area contributed by atoms with Gasteiger partial charge in [-0.25, -0.2) is 13.4 Å². The Labute approximate surface area is 184 Å². The number of aryl methyl sites for hydroxylation is 1. The number of nitrogens with zero attached hydrogens (tertiary/aromatic N) is 2. The number of carbonyl (C=O) groups is 1. The summed E-state index contributed by atoms with van der Waals surface area (Å²) in [5.74, 6) is 0.219. The van der Waals surface area contributed by atoms with Gasteiger partial charge in [-0.15, -0.1) is 0 Å². The third-order valence-corrected chi connectivity index (χ3v) is 8.37. The van der Waals surface area contributed by atoms with Crippen molar-refractivity contribution in [2.75, 3.05) is 11.5 Å². The van der Waals surface area contributed by atoms with Gasteiger partial charge in [0.15, 0.2) is 15.4 Å². The van der Waals surface area contributed by atoms with E-state index >= 15 is 0 Å². The molecule has 0 fully saturated rings. The van der Waals surface area contributed by atoms with Crippen molar-refractivity contribution in [2.24, 2.45) is 0 Å². The SMILES string of the molecule is CCS(=O)(=O)c1ccc2nc(SCC(=O)n3c4c(c5ccccc53)CCCC4)oc2c1.